The molecule has 0 saturated heterocycles. The number of thioether (sulfide) groups is 1. The molecule has 7 heteroatoms. The van der Waals surface area contributed by atoms with Crippen LogP contribution < -0.4 is 5.69 Å². The molecule has 0 radical (unpaired) electrons. The van der Waals surface area contributed by atoms with Crippen LogP contribution in [0.15, 0.2) is 9.95 Å². The molecule has 0 aliphatic carbocycles. The lowest BCUT2D eigenvalue weighted by molar-refractivity contribution is -0.145. The third-order valence-corrected chi connectivity index (χ3v) is 3.62. The molecule has 1 heterocycles. The fourth-order valence-corrected chi connectivity index (χ4v) is 2.09. The van der Waals surface area contributed by atoms with Gasteiger partial charge in [-0.25, -0.2) is 9.89 Å². The second-order valence-corrected chi connectivity index (χ2v) is 4.98. The largest absolute Gasteiger partial charge is 0.481 e. The predicted molar refractivity (Wildman–Crippen MR) is 60.7 cm³/mol. The Morgan fingerprint density at radius 1 is 1.62 bits per heavy atom. The van der Waals surface area contributed by atoms with E-state index in [2.05, 4.69) is 10.2 Å². The number of rotatable bonds is 5. The van der Waals surface area contributed by atoms with Crippen LogP contribution in [0.2, 0.25) is 0 Å². The SMILES string of the molecule is CCn1c(SCC(C)(C)C(=O)O)n[nH]c1=O. The number of nitrogens with zero attached hydrogens (tertiary/aromatic N) is 2. The van der Waals surface area contributed by atoms with E-state index in [1.807, 2.05) is 6.92 Å². The van der Waals surface area contributed by atoms with Gasteiger partial charge in [0.2, 0.25) is 0 Å². The highest BCUT2D eigenvalue weighted by atomic mass is 32.2. The van der Waals surface area contributed by atoms with Gasteiger partial charge in [-0.1, -0.05) is 11.8 Å². The van der Waals surface area contributed by atoms with Crippen LogP contribution in [0.5, 0.6) is 0 Å². The molecule has 0 amide bonds. The molecule has 90 valence electrons. The predicted octanol–water partition coefficient (Wildman–Crippen LogP) is 0.794. The zero-order chi connectivity index (χ0) is 12.3. The number of hydrogen-bond donors (Lipinski definition) is 2. The Kier molecular flexibility index (Phi) is 3.79. The zero-order valence-electron chi connectivity index (χ0n) is 9.48. The van der Waals surface area contributed by atoms with Gasteiger partial charge in [-0.05, 0) is 20.8 Å². The van der Waals surface area contributed by atoms with Gasteiger partial charge in [-0.2, -0.15) is 0 Å². The van der Waals surface area contributed by atoms with Crippen LogP contribution in [-0.2, 0) is 11.3 Å². The Labute approximate surface area is 97.1 Å². The smallest absolute Gasteiger partial charge is 0.343 e. The van der Waals surface area contributed by atoms with Crippen molar-refractivity contribution in [3.8, 4) is 0 Å². The minimum Gasteiger partial charge on any atom is -0.481 e. The summed E-state index contributed by atoms with van der Waals surface area (Å²) in [4.78, 5) is 22.1. The van der Waals surface area contributed by atoms with E-state index in [0.29, 0.717) is 17.5 Å². The monoisotopic (exact) mass is 245 g/mol. The first-order chi connectivity index (χ1) is 7.38. The number of nitrogens with one attached hydrogen (secondary N) is 1. The van der Waals surface area contributed by atoms with Crippen molar-refractivity contribution in [2.45, 2.75) is 32.5 Å². The summed E-state index contributed by atoms with van der Waals surface area (Å²) in [5, 5.41) is 15.7. The van der Waals surface area contributed by atoms with Crippen LogP contribution >= 0.6 is 11.8 Å². The number of H-pyrrole nitrogens is 1. The summed E-state index contributed by atoms with van der Waals surface area (Å²) < 4.78 is 1.47. The lowest BCUT2D eigenvalue weighted by Gasteiger charge is -2.17. The van der Waals surface area contributed by atoms with E-state index in [4.69, 9.17) is 5.11 Å². The first kappa shape index (κ1) is 12.8. The van der Waals surface area contributed by atoms with Crippen molar-refractivity contribution >= 4 is 17.7 Å². The van der Waals surface area contributed by atoms with E-state index in [1.54, 1.807) is 13.8 Å². The molecule has 0 aliphatic heterocycles. The van der Waals surface area contributed by atoms with E-state index in [-0.39, 0.29) is 5.69 Å². The van der Waals surface area contributed by atoms with Gasteiger partial charge in [0.05, 0.1) is 5.41 Å². The normalized spacial score (nSPS) is 11.7. The molecule has 16 heavy (non-hydrogen) atoms. The fraction of sp³-hybridized carbons (Fsp3) is 0.667. The number of aromatic amines is 1. The van der Waals surface area contributed by atoms with Gasteiger partial charge in [0, 0.05) is 12.3 Å². The number of hydrogen-bond acceptors (Lipinski definition) is 4. The summed E-state index contributed by atoms with van der Waals surface area (Å²) in [5.74, 6) is -0.493. The van der Waals surface area contributed by atoms with Crippen LogP contribution in [0.1, 0.15) is 20.8 Å². The molecule has 1 aromatic heterocycles. The average Bonchev–Trinajstić information content (AvgIpc) is 2.56. The van der Waals surface area contributed by atoms with Gasteiger partial charge < -0.3 is 5.11 Å². The molecule has 0 aromatic carbocycles. The summed E-state index contributed by atoms with van der Waals surface area (Å²) in [6, 6.07) is 0. The minimum atomic E-state index is -0.860. The number of carboxylic acids is 1. The van der Waals surface area contributed by atoms with Crippen molar-refractivity contribution in [3.05, 3.63) is 10.5 Å². The molecule has 0 saturated carbocycles. The van der Waals surface area contributed by atoms with Gasteiger partial charge in [0.1, 0.15) is 0 Å². The highest BCUT2D eigenvalue weighted by Crippen LogP contribution is 2.25. The minimum absolute atomic E-state index is 0.266. The molecule has 0 atom stereocenters. The summed E-state index contributed by atoms with van der Waals surface area (Å²) in [6.45, 7) is 5.64. The molecule has 0 unspecified atom stereocenters. The first-order valence-electron chi connectivity index (χ1n) is 4.90. The average molecular weight is 245 g/mol. The van der Waals surface area contributed by atoms with Gasteiger partial charge in [-0.3, -0.25) is 9.36 Å². The molecule has 0 aliphatic rings. The third kappa shape index (κ3) is 2.66. The second-order valence-electron chi connectivity index (χ2n) is 4.03. The number of aromatic nitrogens is 3. The van der Waals surface area contributed by atoms with Crippen LogP contribution in [0, 0.1) is 5.41 Å². The van der Waals surface area contributed by atoms with Crippen LogP contribution in [0.3, 0.4) is 0 Å². The molecule has 1 rings (SSSR count). The molecular formula is C9H15N3O3S. The Morgan fingerprint density at radius 3 is 2.75 bits per heavy atom. The van der Waals surface area contributed by atoms with E-state index in [0.717, 1.165) is 0 Å². The molecule has 0 fully saturated rings. The molecule has 2 N–H and O–H groups in total. The summed E-state index contributed by atoms with van der Waals surface area (Å²) in [7, 11) is 0. The topological polar surface area (TPSA) is 88.0 Å². The van der Waals surface area contributed by atoms with E-state index in [9.17, 15) is 9.59 Å². The van der Waals surface area contributed by atoms with Crippen molar-refractivity contribution in [1.29, 1.82) is 0 Å². The van der Waals surface area contributed by atoms with Crippen molar-refractivity contribution in [1.82, 2.24) is 14.8 Å². The summed E-state index contributed by atoms with van der Waals surface area (Å²) in [6.07, 6.45) is 0. The number of carbonyl (C=O) groups is 1. The van der Waals surface area contributed by atoms with E-state index < -0.39 is 11.4 Å². The van der Waals surface area contributed by atoms with Crippen LogP contribution in [-0.4, -0.2) is 31.6 Å². The lowest BCUT2D eigenvalue weighted by Crippen LogP contribution is -2.26. The Hall–Kier alpha value is -1.24. The van der Waals surface area contributed by atoms with Crippen molar-refractivity contribution in [3.63, 3.8) is 0 Å². The zero-order valence-corrected chi connectivity index (χ0v) is 10.3. The highest BCUT2D eigenvalue weighted by Gasteiger charge is 2.28. The summed E-state index contributed by atoms with van der Waals surface area (Å²) in [5.41, 5.74) is -1.10. The Balaban J connectivity index is 2.75. The molecule has 0 bridgehead atoms. The van der Waals surface area contributed by atoms with Crippen LogP contribution in [0.25, 0.3) is 0 Å². The maximum absolute atomic E-state index is 11.2. The second kappa shape index (κ2) is 4.73. The van der Waals surface area contributed by atoms with Crippen molar-refractivity contribution in [2.75, 3.05) is 5.75 Å². The molecule has 0 spiro atoms. The summed E-state index contributed by atoms with van der Waals surface area (Å²) >= 11 is 1.27. The van der Waals surface area contributed by atoms with Gasteiger partial charge in [0.15, 0.2) is 5.16 Å². The first-order valence-corrected chi connectivity index (χ1v) is 5.88. The third-order valence-electron chi connectivity index (χ3n) is 2.18. The Morgan fingerprint density at radius 2 is 2.25 bits per heavy atom. The maximum atomic E-state index is 11.2. The highest BCUT2D eigenvalue weighted by molar-refractivity contribution is 7.99. The quantitative estimate of drug-likeness (QED) is 0.749. The fourth-order valence-electron chi connectivity index (χ4n) is 0.999. The number of carboxylic acid groups (broad SMARTS) is 1. The standard InChI is InChI=1S/C9H15N3O3S/c1-4-12-7(15)10-11-8(12)16-5-9(2,3)6(13)14/h4-5H2,1-3H3,(H,10,15)(H,13,14). The van der Waals surface area contributed by atoms with Gasteiger partial charge >= 0.3 is 11.7 Å². The van der Waals surface area contributed by atoms with Crippen molar-refractivity contribution in [2.24, 2.45) is 5.41 Å². The Bertz CT molecular complexity index is 435. The lowest BCUT2D eigenvalue weighted by atomic mass is 9.97. The van der Waals surface area contributed by atoms with E-state index in [1.165, 1.54) is 16.3 Å². The van der Waals surface area contributed by atoms with Crippen LogP contribution in [0.4, 0.5) is 0 Å². The number of aliphatic carboxylic acids is 1. The molecule has 6 nitrogen and oxygen atoms in total. The maximum Gasteiger partial charge on any atom is 0.343 e. The molecule has 1 aromatic rings. The van der Waals surface area contributed by atoms with Gasteiger partial charge in [-0.15, -0.1) is 5.10 Å². The van der Waals surface area contributed by atoms with Crippen molar-refractivity contribution < 1.29 is 9.90 Å². The van der Waals surface area contributed by atoms with Gasteiger partial charge in [0.25, 0.3) is 0 Å². The molecular weight excluding hydrogens is 230 g/mol. The van der Waals surface area contributed by atoms with E-state index >= 15 is 0 Å².